The fraction of sp³-hybridized carbons (Fsp3) is 0.800. The van der Waals surface area contributed by atoms with E-state index in [2.05, 4.69) is 10.1 Å². The standard InChI is InChI=1S/C10H19N3O3/c1-7(15-3)9-12-10(16-13-9)8(11)5-4-6-14-2/h7-8H,4-6,11H2,1-3H3. The highest BCUT2D eigenvalue weighted by molar-refractivity contribution is 4.93. The summed E-state index contributed by atoms with van der Waals surface area (Å²) in [5.41, 5.74) is 5.90. The minimum Gasteiger partial charge on any atom is -0.385 e. The van der Waals surface area contributed by atoms with E-state index < -0.39 is 0 Å². The van der Waals surface area contributed by atoms with Gasteiger partial charge in [-0.2, -0.15) is 4.98 Å². The van der Waals surface area contributed by atoms with Crippen molar-refractivity contribution in [2.75, 3.05) is 20.8 Å². The second-order valence-corrected chi connectivity index (χ2v) is 3.61. The van der Waals surface area contributed by atoms with Gasteiger partial charge in [-0.3, -0.25) is 0 Å². The normalized spacial score (nSPS) is 15.0. The number of rotatable bonds is 7. The lowest BCUT2D eigenvalue weighted by atomic mass is 10.2. The predicted octanol–water partition coefficient (Wildman–Crippen LogP) is 1.20. The Morgan fingerprint density at radius 1 is 1.44 bits per heavy atom. The lowest BCUT2D eigenvalue weighted by Crippen LogP contribution is -2.12. The largest absolute Gasteiger partial charge is 0.385 e. The maximum absolute atomic E-state index is 5.90. The first kappa shape index (κ1) is 13.1. The molecule has 0 fully saturated rings. The molecular weight excluding hydrogens is 210 g/mol. The summed E-state index contributed by atoms with van der Waals surface area (Å²) in [5.74, 6) is 0.981. The summed E-state index contributed by atoms with van der Waals surface area (Å²) >= 11 is 0. The molecule has 1 heterocycles. The molecule has 1 aromatic heterocycles. The smallest absolute Gasteiger partial charge is 0.243 e. The first-order chi connectivity index (χ1) is 7.69. The molecule has 0 saturated carbocycles. The first-order valence-electron chi connectivity index (χ1n) is 5.29. The zero-order chi connectivity index (χ0) is 12.0. The number of methoxy groups -OCH3 is 2. The lowest BCUT2D eigenvalue weighted by molar-refractivity contribution is 0.109. The van der Waals surface area contributed by atoms with Gasteiger partial charge in [0.25, 0.3) is 0 Å². The van der Waals surface area contributed by atoms with Crippen LogP contribution in [0.3, 0.4) is 0 Å². The van der Waals surface area contributed by atoms with Crippen LogP contribution < -0.4 is 5.73 Å². The molecule has 2 unspecified atom stereocenters. The predicted molar refractivity (Wildman–Crippen MR) is 57.8 cm³/mol. The molecule has 6 nitrogen and oxygen atoms in total. The van der Waals surface area contributed by atoms with Crippen LogP contribution in [0.1, 0.15) is 43.6 Å². The summed E-state index contributed by atoms with van der Waals surface area (Å²) in [4.78, 5) is 4.19. The minimum atomic E-state index is -0.236. The van der Waals surface area contributed by atoms with E-state index in [0.29, 0.717) is 18.3 Å². The van der Waals surface area contributed by atoms with Gasteiger partial charge in [0, 0.05) is 20.8 Å². The summed E-state index contributed by atoms with van der Waals surface area (Å²) in [6.07, 6.45) is 1.45. The molecule has 6 heteroatoms. The molecule has 0 amide bonds. The average molecular weight is 229 g/mol. The Morgan fingerprint density at radius 3 is 2.81 bits per heavy atom. The summed E-state index contributed by atoms with van der Waals surface area (Å²) in [6, 6.07) is -0.236. The van der Waals surface area contributed by atoms with E-state index in [9.17, 15) is 0 Å². The van der Waals surface area contributed by atoms with Gasteiger partial charge in [-0.05, 0) is 19.8 Å². The lowest BCUT2D eigenvalue weighted by Gasteiger charge is -2.05. The van der Waals surface area contributed by atoms with Crippen LogP contribution >= 0.6 is 0 Å². The van der Waals surface area contributed by atoms with E-state index in [4.69, 9.17) is 19.7 Å². The number of aromatic nitrogens is 2. The summed E-state index contributed by atoms with van der Waals surface area (Å²) in [6.45, 7) is 2.54. The van der Waals surface area contributed by atoms with Crippen LogP contribution in [0, 0.1) is 0 Å². The second kappa shape index (κ2) is 6.57. The number of ether oxygens (including phenoxy) is 2. The molecule has 0 saturated heterocycles. The monoisotopic (exact) mass is 229 g/mol. The van der Waals surface area contributed by atoms with Gasteiger partial charge in [0.15, 0.2) is 5.82 Å². The molecule has 2 atom stereocenters. The Bertz CT molecular complexity index is 303. The van der Waals surface area contributed by atoms with Crippen molar-refractivity contribution >= 4 is 0 Å². The molecule has 0 aromatic carbocycles. The zero-order valence-corrected chi connectivity index (χ0v) is 9.97. The van der Waals surface area contributed by atoms with Gasteiger partial charge in [-0.25, -0.2) is 0 Å². The van der Waals surface area contributed by atoms with Crippen molar-refractivity contribution in [3.63, 3.8) is 0 Å². The molecule has 0 spiro atoms. The Labute approximate surface area is 95.1 Å². The molecule has 0 bridgehead atoms. The van der Waals surface area contributed by atoms with E-state index in [1.54, 1.807) is 14.2 Å². The third-order valence-corrected chi connectivity index (χ3v) is 2.36. The van der Waals surface area contributed by atoms with Crippen molar-refractivity contribution in [3.8, 4) is 0 Å². The highest BCUT2D eigenvalue weighted by Gasteiger charge is 2.17. The third kappa shape index (κ3) is 3.55. The van der Waals surface area contributed by atoms with E-state index in [0.717, 1.165) is 12.8 Å². The Hall–Kier alpha value is -0.980. The molecular formula is C10H19N3O3. The fourth-order valence-corrected chi connectivity index (χ4v) is 1.24. The van der Waals surface area contributed by atoms with Crippen molar-refractivity contribution < 1.29 is 14.0 Å². The maximum Gasteiger partial charge on any atom is 0.243 e. The molecule has 1 rings (SSSR count). The van der Waals surface area contributed by atoms with Crippen molar-refractivity contribution in [3.05, 3.63) is 11.7 Å². The van der Waals surface area contributed by atoms with Crippen molar-refractivity contribution in [2.24, 2.45) is 5.73 Å². The SMILES string of the molecule is COCCCC(N)c1nc(C(C)OC)no1. The van der Waals surface area contributed by atoms with Crippen molar-refractivity contribution in [1.82, 2.24) is 10.1 Å². The number of nitrogens with two attached hydrogens (primary N) is 1. The molecule has 2 N–H and O–H groups in total. The third-order valence-electron chi connectivity index (χ3n) is 2.36. The van der Waals surface area contributed by atoms with Crippen LogP contribution in [0.5, 0.6) is 0 Å². The van der Waals surface area contributed by atoms with E-state index >= 15 is 0 Å². The Balaban J connectivity index is 2.49. The van der Waals surface area contributed by atoms with Gasteiger partial charge < -0.3 is 19.7 Å². The quantitative estimate of drug-likeness (QED) is 0.707. The number of hydrogen-bond acceptors (Lipinski definition) is 6. The van der Waals surface area contributed by atoms with Crippen molar-refractivity contribution in [2.45, 2.75) is 31.9 Å². The molecule has 0 radical (unpaired) electrons. The van der Waals surface area contributed by atoms with Crippen LogP contribution in [-0.2, 0) is 9.47 Å². The van der Waals surface area contributed by atoms with Gasteiger partial charge in [0.05, 0.1) is 6.04 Å². The van der Waals surface area contributed by atoms with Gasteiger partial charge >= 0.3 is 0 Å². The minimum absolute atomic E-state index is 0.177. The number of hydrogen-bond donors (Lipinski definition) is 1. The van der Waals surface area contributed by atoms with Gasteiger partial charge in [0.2, 0.25) is 5.89 Å². The van der Waals surface area contributed by atoms with Crippen LogP contribution in [0.2, 0.25) is 0 Å². The zero-order valence-electron chi connectivity index (χ0n) is 9.97. The Morgan fingerprint density at radius 2 is 2.19 bits per heavy atom. The topological polar surface area (TPSA) is 83.4 Å². The summed E-state index contributed by atoms with van der Waals surface area (Å²) < 4.78 is 15.1. The van der Waals surface area contributed by atoms with Gasteiger partial charge in [0.1, 0.15) is 6.10 Å². The fourth-order valence-electron chi connectivity index (χ4n) is 1.24. The maximum atomic E-state index is 5.90. The molecule has 16 heavy (non-hydrogen) atoms. The van der Waals surface area contributed by atoms with Gasteiger partial charge in [-0.15, -0.1) is 0 Å². The molecule has 0 aliphatic carbocycles. The van der Waals surface area contributed by atoms with E-state index in [1.807, 2.05) is 6.92 Å². The second-order valence-electron chi connectivity index (χ2n) is 3.61. The molecule has 92 valence electrons. The molecule has 0 aliphatic rings. The average Bonchev–Trinajstić information content (AvgIpc) is 2.77. The molecule has 0 aliphatic heterocycles. The highest BCUT2D eigenvalue weighted by Crippen LogP contribution is 2.17. The van der Waals surface area contributed by atoms with E-state index in [1.165, 1.54) is 0 Å². The first-order valence-corrected chi connectivity index (χ1v) is 5.29. The van der Waals surface area contributed by atoms with Crippen LogP contribution in [0.25, 0.3) is 0 Å². The highest BCUT2D eigenvalue weighted by atomic mass is 16.5. The summed E-state index contributed by atoms with van der Waals surface area (Å²) in [5, 5.41) is 3.81. The van der Waals surface area contributed by atoms with E-state index in [-0.39, 0.29) is 12.1 Å². The summed E-state index contributed by atoms with van der Waals surface area (Å²) in [7, 11) is 3.26. The molecule has 1 aromatic rings. The Kier molecular flexibility index (Phi) is 5.37. The van der Waals surface area contributed by atoms with Crippen LogP contribution in [0.4, 0.5) is 0 Å². The number of nitrogens with zero attached hydrogens (tertiary/aromatic N) is 2. The van der Waals surface area contributed by atoms with Crippen molar-refractivity contribution in [1.29, 1.82) is 0 Å². The van der Waals surface area contributed by atoms with Crippen LogP contribution in [0.15, 0.2) is 4.52 Å². The van der Waals surface area contributed by atoms with Gasteiger partial charge in [-0.1, -0.05) is 5.16 Å². The van der Waals surface area contributed by atoms with Crippen LogP contribution in [-0.4, -0.2) is 31.0 Å².